The lowest BCUT2D eigenvalue weighted by atomic mass is 10.1. The minimum atomic E-state index is -3.46. The molecule has 0 aliphatic heterocycles. The van der Waals surface area contributed by atoms with E-state index < -0.39 is 10.0 Å². The zero-order chi connectivity index (χ0) is 23.8. The zero-order valence-corrected chi connectivity index (χ0v) is 20.0. The van der Waals surface area contributed by atoms with Crippen molar-refractivity contribution in [1.82, 2.24) is 4.98 Å². The Morgan fingerprint density at radius 3 is 2.00 bits per heavy atom. The third-order valence-electron chi connectivity index (χ3n) is 5.38. The third-order valence-corrected chi connectivity index (χ3v) is 7.32. The summed E-state index contributed by atoms with van der Waals surface area (Å²) in [7, 11) is -3.46. The van der Waals surface area contributed by atoms with Gasteiger partial charge in [0.05, 0.1) is 18.0 Å². The predicted molar refractivity (Wildman–Crippen MR) is 137 cm³/mol. The lowest BCUT2D eigenvalue weighted by Gasteiger charge is -2.24. The summed E-state index contributed by atoms with van der Waals surface area (Å²) in [4.78, 5) is 4.11. The molecule has 6 heteroatoms. The normalized spacial score (nSPS) is 11.2. The van der Waals surface area contributed by atoms with Crippen LogP contribution in [0.25, 0.3) is 0 Å². The lowest BCUT2D eigenvalue weighted by Crippen LogP contribution is -2.32. The first kappa shape index (κ1) is 23.5. The van der Waals surface area contributed by atoms with Crippen LogP contribution in [0.2, 0.25) is 0 Å². The van der Waals surface area contributed by atoms with Crippen LogP contribution in [-0.4, -0.2) is 19.2 Å². The van der Waals surface area contributed by atoms with Gasteiger partial charge in [0.25, 0.3) is 0 Å². The van der Waals surface area contributed by atoms with Crippen molar-refractivity contribution < 1.29 is 13.2 Å². The van der Waals surface area contributed by atoms with Crippen molar-refractivity contribution in [3.8, 4) is 11.5 Å². The van der Waals surface area contributed by atoms with Crippen LogP contribution in [0.1, 0.15) is 30.0 Å². The lowest BCUT2D eigenvalue weighted by molar-refractivity contribution is 0.482. The third kappa shape index (κ3) is 6.23. The molecule has 1 heterocycles. The number of benzene rings is 3. The van der Waals surface area contributed by atoms with Gasteiger partial charge in [0, 0.05) is 12.4 Å². The molecule has 3 aromatic carbocycles. The number of hydrogen-bond donors (Lipinski definition) is 0. The summed E-state index contributed by atoms with van der Waals surface area (Å²) in [6, 6.07) is 29.2. The fourth-order valence-electron chi connectivity index (χ4n) is 3.70. The molecule has 0 saturated carbocycles. The average molecular weight is 473 g/mol. The van der Waals surface area contributed by atoms with Gasteiger partial charge in [-0.1, -0.05) is 55.5 Å². The molecule has 0 radical (unpaired) electrons. The molecule has 0 aliphatic carbocycles. The SMILES string of the molecule is CCCS(=O)(=O)N(Cc1cccnc1)c1ccc(Oc2ccc(Cc3ccccc3)cc2)cc1. The van der Waals surface area contributed by atoms with Gasteiger partial charge in [0.2, 0.25) is 10.0 Å². The predicted octanol–water partition coefficient (Wildman–Crippen LogP) is 6.21. The summed E-state index contributed by atoms with van der Waals surface area (Å²) in [5, 5.41) is 0. The first-order valence-corrected chi connectivity index (χ1v) is 12.9. The fraction of sp³-hybridized carbons (Fsp3) is 0.179. The molecule has 0 spiro atoms. The van der Waals surface area contributed by atoms with Gasteiger partial charge in [-0.05, 0) is 72.0 Å². The monoisotopic (exact) mass is 472 g/mol. The highest BCUT2D eigenvalue weighted by Gasteiger charge is 2.22. The fourth-order valence-corrected chi connectivity index (χ4v) is 5.22. The molecule has 0 aliphatic rings. The number of sulfonamides is 1. The van der Waals surface area contributed by atoms with Crippen LogP contribution in [0.5, 0.6) is 11.5 Å². The molecule has 1 aromatic heterocycles. The van der Waals surface area contributed by atoms with Gasteiger partial charge in [-0.25, -0.2) is 8.42 Å². The van der Waals surface area contributed by atoms with Crippen LogP contribution < -0.4 is 9.04 Å². The van der Waals surface area contributed by atoms with Crippen LogP contribution in [0.15, 0.2) is 103 Å². The van der Waals surface area contributed by atoms with Gasteiger partial charge in [-0.2, -0.15) is 0 Å². The summed E-state index contributed by atoms with van der Waals surface area (Å²) in [6.07, 6.45) is 4.78. The van der Waals surface area contributed by atoms with E-state index in [1.807, 2.05) is 49.4 Å². The Balaban J connectivity index is 1.47. The van der Waals surface area contributed by atoms with Crippen LogP contribution in [0.3, 0.4) is 0 Å². The van der Waals surface area contributed by atoms with Crippen LogP contribution in [-0.2, 0) is 23.0 Å². The van der Waals surface area contributed by atoms with Crippen LogP contribution in [0.4, 0.5) is 5.69 Å². The molecule has 0 N–H and O–H groups in total. The number of aromatic nitrogens is 1. The van der Waals surface area contributed by atoms with Gasteiger partial charge in [-0.3, -0.25) is 9.29 Å². The molecule has 0 fully saturated rings. The molecule has 0 amide bonds. The van der Waals surface area contributed by atoms with E-state index in [0.29, 0.717) is 17.9 Å². The van der Waals surface area contributed by atoms with E-state index in [1.54, 1.807) is 36.7 Å². The summed E-state index contributed by atoms with van der Waals surface area (Å²) >= 11 is 0. The van der Waals surface area contributed by atoms with E-state index >= 15 is 0 Å². The minimum Gasteiger partial charge on any atom is -0.457 e. The van der Waals surface area contributed by atoms with Crippen molar-refractivity contribution in [2.24, 2.45) is 0 Å². The molecular weight excluding hydrogens is 444 g/mol. The molecule has 174 valence electrons. The molecular formula is C28H28N2O3S. The van der Waals surface area contributed by atoms with Crippen molar-refractivity contribution in [2.75, 3.05) is 10.1 Å². The van der Waals surface area contributed by atoms with Crippen molar-refractivity contribution in [1.29, 1.82) is 0 Å². The van der Waals surface area contributed by atoms with Crippen molar-refractivity contribution in [3.63, 3.8) is 0 Å². The molecule has 0 saturated heterocycles. The Labute approximate surface area is 201 Å². The number of hydrogen-bond acceptors (Lipinski definition) is 4. The van der Waals surface area contributed by atoms with E-state index in [9.17, 15) is 8.42 Å². The summed E-state index contributed by atoms with van der Waals surface area (Å²) in [6.45, 7) is 2.10. The van der Waals surface area contributed by atoms with Crippen molar-refractivity contribution in [3.05, 3.63) is 120 Å². The van der Waals surface area contributed by atoms with E-state index in [-0.39, 0.29) is 12.3 Å². The van der Waals surface area contributed by atoms with Gasteiger partial charge in [-0.15, -0.1) is 0 Å². The maximum absolute atomic E-state index is 12.9. The number of nitrogens with zero attached hydrogens (tertiary/aromatic N) is 2. The Hall–Kier alpha value is -3.64. The van der Waals surface area contributed by atoms with Crippen LogP contribution in [0, 0.1) is 0 Å². The van der Waals surface area contributed by atoms with Gasteiger partial charge in [0.15, 0.2) is 0 Å². The molecule has 4 rings (SSSR count). The first-order valence-electron chi connectivity index (χ1n) is 11.3. The maximum Gasteiger partial charge on any atom is 0.235 e. The van der Waals surface area contributed by atoms with Gasteiger partial charge >= 0.3 is 0 Å². The number of pyridine rings is 1. The topological polar surface area (TPSA) is 59.5 Å². The summed E-state index contributed by atoms with van der Waals surface area (Å²) in [5.41, 5.74) is 3.91. The maximum atomic E-state index is 12.9. The highest BCUT2D eigenvalue weighted by atomic mass is 32.2. The molecule has 0 bridgehead atoms. The average Bonchev–Trinajstić information content (AvgIpc) is 2.86. The molecule has 0 unspecified atom stereocenters. The summed E-state index contributed by atoms with van der Waals surface area (Å²) in [5.74, 6) is 1.46. The van der Waals surface area contributed by atoms with Gasteiger partial charge < -0.3 is 4.74 Å². The molecule has 4 aromatic rings. The minimum absolute atomic E-state index is 0.0842. The number of ether oxygens (including phenoxy) is 1. The number of anilines is 1. The second kappa shape index (κ2) is 11.0. The van der Waals surface area contributed by atoms with Gasteiger partial charge in [0.1, 0.15) is 11.5 Å². The number of rotatable bonds is 10. The summed E-state index contributed by atoms with van der Waals surface area (Å²) < 4.78 is 33.3. The Kier molecular flexibility index (Phi) is 7.60. The largest absolute Gasteiger partial charge is 0.457 e. The Morgan fingerprint density at radius 1 is 0.765 bits per heavy atom. The van der Waals surface area contributed by atoms with Crippen molar-refractivity contribution >= 4 is 15.7 Å². The second-order valence-corrected chi connectivity index (χ2v) is 10.1. The van der Waals surface area contributed by atoms with E-state index in [1.165, 1.54) is 15.4 Å². The van der Waals surface area contributed by atoms with E-state index in [0.717, 1.165) is 17.7 Å². The van der Waals surface area contributed by atoms with E-state index in [4.69, 9.17) is 4.74 Å². The smallest absolute Gasteiger partial charge is 0.235 e. The second-order valence-electron chi connectivity index (χ2n) is 8.09. The molecule has 5 nitrogen and oxygen atoms in total. The first-order chi connectivity index (χ1) is 16.5. The van der Waals surface area contributed by atoms with E-state index in [2.05, 4.69) is 29.2 Å². The Bertz CT molecular complexity index is 1280. The highest BCUT2D eigenvalue weighted by Crippen LogP contribution is 2.28. The Morgan fingerprint density at radius 2 is 1.38 bits per heavy atom. The highest BCUT2D eigenvalue weighted by molar-refractivity contribution is 7.92. The molecule has 0 atom stereocenters. The standard InChI is InChI=1S/C28H28N2O3S/c1-2-19-34(31,32)30(22-25-9-6-18-29-21-25)26-12-16-28(17-13-26)33-27-14-10-24(11-15-27)20-23-7-4-3-5-8-23/h3-18,21H,2,19-20,22H2,1H3. The zero-order valence-electron chi connectivity index (χ0n) is 19.2. The van der Waals surface area contributed by atoms with Crippen molar-refractivity contribution in [2.45, 2.75) is 26.3 Å². The quantitative estimate of drug-likeness (QED) is 0.275. The molecule has 34 heavy (non-hydrogen) atoms. The van der Waals surface area contributed by atoms with Crippen LogP contribution >= 0.6 is 0 Å².